The van der Waals surface area contributed by atoms with E-state index >= 15 is 0 Å². The van der Waals surface area contributed by atoms with E-state index in [0.717, 1.165) is 26.1 Å². The van der Waals surface area contributed by atoms with E-state index in [2.05, 4.69) is 15.5 Å². The Kier molecular flexibility index (Phi) is 9.07. The number of unbranched alkanes of at least 4 members (excludes halogenated alkanes) is 1. The van der Waals surface area contributed by atoms with Crippen LogP contribution in [0.15, 0.2) is 12.2 Å². The third-order valence-electron chi connectivity index (χ3n) is 7.04. The van der Waals surface area contributed by atoms with E-state index in [9.17, 15) is 19.5 Å². The highest BCUT2D eigenvalue weighted by Crippen LogP contribution is 2.44. The number of amides is 3. The molecule has 0 saturated carbocycles. The van der Waals surface area contributed by atoms with Gasteiger partial charge in [-0.2, -0.15) is 0 Å². The number of fused-ring (bicyclic) bond motifs is 1. The number of allylic oxidation sites excluding steroid dienone is 1. The highest BCUT2D eigenvalue weighted by molar-refractivity contribution is 5.96. The molecule has 3 aliphatic rings. The van der Waals surface area contributed by atoms with Gasteiger partial charge in [0, 0.05) is 52.3 Å². The summed E-state index contributed by atoms with van der Waals surface area (Å²) in [6, 6.07) is -0.628. The number of rotatable bonds is 10. The van der Waals surface area contributed by atoms with E-state index < -0.39 is 17.9 Å². The topological polar surface area (TPSA) is 111 Å². The molecule has 0 radical (unpaired) electrons. The van der Waals surface area contributed by atoms with Gasteiger partial charge in [-0.15, -0.1) is 0 Å². The van der Waals surface area contributed by atoms with Crippen molar-refractivity contribution in [3.63, 3.8) is 0 Å². The summed E-state index contributed by atoms with van der Waals surface area (Å²) in [5, 5.41) is 14.9. The van der Waals surface area contributed by atoms with Gasteiger partial charge < -0.3 is 25.4 Å². The summed E-state index contributed by atoms with van der Waals surface area (Å²) in [6.07, 6.45) is 5.93. The maximum absolute atomic E-state index is 13.5. The minimum Gasteiger partial charge on any atom is -0.396 e. The molecule has 180 valence electrons. The van der Waals surface area contributed by atoms with Crippen LogP contribution < -0.4 is 10.6 Å². The Morgan fingerprint density at radius 1 is 1.16 bits per heavy atom. The number of carbonyl (C=O) groups excluding carboxylic acids is 3. The maximum atomic E-state index is 13.5. The van der Waals surface area contributed by atoms with E-state index in [4.69, 9.17) is 4.74 Å². The Hall–Kier alpha value is -1.97. The molecule has 0 aromatic rings. The first-order valence-corrected chi connectivity index (χ1v) is 11.9. The number of aliphatic hydroxyl groups excluding tert-OH is 1. The standard InChI is InChI=1S/C23H38N4O5/c1-3-16-6-7-17-19(18(16)21(29)24-2)23(31)27(9-4-5-13-28)20(17)22(30)25-8-10-26-11-14-32-15-12-26/h6-7,16-20,28H,3-5,8-15H2,1-2H3,(H,24,29)(H,25,30)/t16-,17+,18-,19+,20+/m1/s1. The highest BCUT2D eigenvalue weighted by atomic mass is 16.5. The number of likely N-dealkylation sites (tertiary alicyclic amines) is 1. The van der Waals surface area contributed by atoms with Crippen LogP contribution in [-0.2, 0) is 19.1 Å². The summed E-state index contributed by atoms with van der Waals surface area (Å²) in [5.41, 5.74) is 0. The van der Waals surface area contributed by atoms with Gasteiger partial charge >= 0.3 is 0 Å². The van der Waals surface area contributed by atoms with Gasteiger partial charge in [0.15, 0.2) is 0 Å². The largest absolute Gasteiger partial charge is 0.396 e. The number of carbonyl (C=O) groups is 3. The fourth-order valence-corrected chi connectivity index (χ4v) is 5.31. The van der Waals surface area contributed by atoms with Gasteiger partial charge in [-0.25, -0.2) is 0 Å². The lowest BCUT2D eigenvalue weighted by Crippen LogP contribution is -2.49. The molecule has 0 spiro atoms. The summed E-state index contributed by atoms with van der Waals surface area (Å²) in [5.74, 6) is -1.80. The normalized spacial score (nSPS) is 30.3. The van der Waals surface area contributed by atoms with E-state index in [0.29, 0.717) is 39.1 Å². The van der Waals surface area contributed by atoms with Crippen LogP contribution in [-0.4, -0.2) is 98.3 Å². The fraction of sp³-hybridized carbons (Fsp3) is 0.783. The van der Waals surface area contributed by atoms with Gasteiger partial charge in [-0.05, 0) is 25.2 Å². The lowest BCUT2D eigenvalue weighted by Gasteiger charge is -2.34. The van der Waals surface area contributed by atoms with Crippen LogP contribution in [0.4, 0.5) is 0 Å². The molecule has 0 aromatic heterocycles. The lowest BCUT2D eigenvalue weighted by molar-refractivity contribution is -0.140. The number of aliphatic hydroxyl groups is 1. The monoisotopic (exact) mass is 450 g/mol. The molecule has 0 aromatic carbocycles. The Morgan fingerprint density at radius 2 is 1.91 bits per heavy atom. The molecule has 0 unspecified atom stereocenters. The molecule has 3 amide bonds. The molecule has 0 bridgehead atoms. The first-order valence-electron chi connectivity index (χ1n) is 11.9. The minimum atomic E-state index is -0.628. The van der Waals surface area contributed by atoms with Crippen molar-refractivity contribution in [1.82, 2.24) is 20.4 Å². The van der Waals surface area contributed by atoms with E-state index in [-0.39, 0.29) is 36.2 Å². The van der Waals surface area contributed by atoms with Gasteiger partial charge in [0.2, 0.25) is 17.7 Å². The summed E-state index contributed by atoms with van der Waals surface area (Å²) < 4.78 is 5.37. The van der Waals surface area contributed by atoms with Crippen LogP contribution in [0.3, 0.4) is 0 Å². The molecule has 32 heavy (non-hydrogen) atoms. The molecular weight excluding hydrogens is 412 g/mol. The van der Waals surface area contributed by atoms with Crippen LogP contribution in [0.1, 0.15) is 26.2 Å². The second-order valence-electron chi connectivity index (χ2n) is 8.85. The number of ether oxygens (including phenoxy) is 1. The second-order valence-corrected chi connectivity index (χ2v) is 8.85. The van der Waals surface area contributed by atoms with Crippen molar-refractivity contribution in [3.05, 3.63) is 12.2 Å². The SMILES string of the molecule is CC[C@@H]1C=C[C@H]2[C@H](C(=O)N(CCCCO)[C@@H]2C(=O)NCCN2CCOCC2)[C@@H]1C(=O)NC. The third kappa shape index (κ3) is 5.32. The maximum Gasteiger partial charge on any atom is 0.243 e. The third-order valence-corrected chi connectivity index (χ3v) is 7.04. The highest BCUT2D eigenvalue weighted by Gasteiger charge is 2.56. The quantitative estimate of drug-likeness (QED) is 0.309. The molecule has 3 N–H and O–H groups in total. The van der Waals surface area contributed by atoms with Gasteiger partial charge in [0.05, 0.1) is 25.0 Å². The van der Waals surface area contributed by atoms with Gasteiger partial charge in [0.1, 0.15) is 6.04 Å². The van der Waals surface area contributed by atoms with Crippen molar-refractivity contribution < 1.29 is 24.2 Å². The number of morpholine rings is 1. The molecule has 5 atom stereocenters. The van der Waals surface area contributed by atoms with Crippen LogP contribution in [0.25, 0.3) is 0 Å². The average Bonchev–Trinajstić information content (AvgIpc) is 3.10. The molecule has 9 nitrogen and oxygen atoms in total. The van der Waals surface area contributed by atoms with Crippen molar-refractivity contribution in [3.8, 4) is 0 Å². The van der Waals surface area contributed by atoms with Crippen molar-refractivity contribution in [2.24, 2.45) is 23.7 Å². The summed E-state index contributed by atoms with van der Waals surface area (Å²) in [7, 11) is 1.59. The van der Waals surface area contributed by atoms with E-state index in [1.165, 1.54) is 0 Å². The molecule has 2 fully saturated rings. The molecule has 9 heteroatoms. The van der Waals surface area contributed by atoms with Crippen molar-refractivity contribution in [2.75, 3.05) is 59.6 Å². The van der Waals surface area contributed by atoms with Crippen LogP contribution in [0.5, 0.6) is 0 Å². The molecule has 2 heterocycles. The second kappa shape index (κ2) is 11.8. The molecule has 2 saturated heterocycles. The molecule has 1 aliphatic carbocycles. The minimum absolute atomic E-state index is 0.0254. The smallest absolute Gasteiger partial charge is 0.243 e. The Balaban J connectivity index is 1.76. The summed E-state index contributed by atoms with van der Waals surface area (Å²) in [4.78, 5) is 43.5. The summed E-state index contributed by atoms with van der Waals surface area (Å²) in [6.45, 7) is 6.82. The zero-order valence-corrected chi connectivity index (χ0v) is 19.3. The first-order chi connectivity index (χ1) is 15.5. The Labute approximate surface area is 190 Å². The van der Waals surface area contributed by atoms with Crippen molar-refractivity contribution in [1.29, 1.82) is 0 Å². The van der Waals surface area contributed by atoms with Gasteiger partial charge in [-0.1, -0.05) is 19.1 Å². The van der Waals surface area contributed by atoms with Gasteiger partial charge in [0.25, 0.3) is 0 Å². The number of nitrogens with zero attached hydrogens (tertiary/aromatic N) is 2. The van der Waals surface area contributed by atoms with Crippen molar-refractivity contribution in [2.45, 2.75) is 32.2 Å². The van der Waals surface area contributed by atoms with Crippen LogP contribution in [0, 0.1) is 23.7 Å². The number of hydrogen-bond donors (Lipinski definition) is 3. The Morgan fingerprint density at radius 3 is 2.56 bits per heavy atom. The fourth-order valence-electron chi connectivity index (χ4n) is 5.31. The zero-order chi connectivity index (χ0) is 23.1. The predicted octanol–water partition coefficient (Wildman–Crippen LogP) is -0.391. The molecular formula is C23H38N4O5. The lowest BCUT2D eigenvalue weighted by atomic mass is 9.69. The van der Waals surface area contributed by atoms with E-state index in [1.54, 1.807) is 11.9 Å². The van der Waals surface area contributed by atoms with Crippen LogP contribution >= 0.6 is 0 Å². The van der Waals surface area contributed by atoms with E-state index in [1.807, 2.05) is 19.1 Å². The Bertz CT molecular complexity index is 694. The molecule has 3 rings (SSSR count). The number of nitrogens with one attached hydrogen (secondary N) is 2. The average molecular weight is 451 g/mol. The van der Waals surface area contributed by atoms with Crippen molar-refractivity contribution >= 4 is 17.7 Å². The van der Waals surface area contributed by atoms with Gasteiger partial charge in [-0.3, -0.25) is 19.3 Å². The zero-order valence-electron chi connectivity index (χ0n) is 19.3. The summed E-state index contributed by atoms with van der Waals surface area (Å²) >= 11 is 0. The molecule has 2 aliphatic heterocycles. The van der Waals surface area contributed by atoms with Crippen LogP contribution in [0.2, 0.25) is 0 Å². The predicted molar refractivity (Wildman–Crippen MR) is 120 cm³/mol. The number of hydrogen-bond acceptors (Lipinski definition) is 6. The first kappa shape index (κ1) is 24.7.